The Labute approximate surface area is 220 Å². The van der Waals surface area contributed by atoms with Crippen LogP contribution in [0, 0.1) is 0 Å². The zero-order chi connectivity index (χ0) is 25.9. The Hall–Kier alpha value is -3.36. The van der Waals surface area contributed by atoms with Crippen LogP contribution >= 0.6 is 11.6 Å². The van der Waals surface area contributed by atoms with Crippen LogP contribution in [-0.2, 0) is 7.05 Å². The third-order valence-electron chi connectivity index (χ3n) is 7.17. The van der Waals surface area contributed by atoms with Crippen molar-refractivity contribution in [3.63, 3.8) is 0 Å². The van der Waals surface area contributed by atoms with Gasteiger partial charge < -0.3 is 19.5 Å². The molecule has 1 amide bonds. The summed E-state index contributed by atoms with van der Waals surface area (Å²) in [6, 6.07) is 12.7. The number of para-hydroxylation sites is 1. The number of hydrogen-bond acceptors (Lipinski definition) is 5. The average molecular weight is 522 g/mol. The fourth-order valence-electron chi connectivity index (χ4n) is 5.25. The topological polar surface area (TPSA) is 81.4 Å². The predicted molar refractivity (Wildman–Crippen MR) is 147 cm³/mol. The normalized spacial score (nSPS) is 14.7. The molecule has 8 nitrogen and oxygen atoms in total. The van der Waals surface area contributed by atoms with E-state index >= 15 is 0 Å². The van der Waals surface area contributed by atoms with Crippen LogP contribution in [0.2, 0.25) is 5.02 Å². The van der Waals surface area contributed by atoms with Crippen LogP contribution in [0.5, 0.6) is 5.75 Å². The second kappa shape index (κ2) is 10.9. The molecule has 5 rings (SSSR count). The third-order valence-corrected chi connectivity index (χ3v) is 7.46. The lowest BCUT2D eigenvalue weighted by Gasteiger charge is -2.19. The molecule has 0 unspecified atom stereocenters. The van der Waals surface area contributed by atoms with Crippen LogP contribution in [-0.4, -0.2) is 58.4 Å². The number of rotatable bonds is 7. The number of amides is 1. The Morgan fingerprint density at radius 2 is 1.86 bits per heavy atom. The van der Waals surface area contributed by atoms with Gasteiger partial charge in [0.2, 0.25) is 0 Å². The smallest absolute Gasteiger partial charge is 0.296 e. The molecule has 9 heteroatoms. The van der Waals surface area contributed by atoms with E-state index in [9.17, 15) is 9.59 Å². The number of nitrogens with zero attached hydrogens (tertiary/aromatic N) is 4. The number of halogens is 1. The van der Waals surface area contributed by atoms with Crippen molar-refractivity contribution < 1.29 is 9.53 Å². The first-order chi connectivity index (χ1) is 18.0. The number of likely N-dealkylation sites (tertiary alicyclic amines) is 1. The maximum Gasteiger partial charge on any atom is 0.296 e. The van der Waals surface area contributed by atoms with Crippen LogP contribution in [0.4, 0.5) is 0 Å². The summed E-state index contributed by atoms with van der Waals surface area (Å²) in [5.41, 5.74) is 1.62. The van der Waals surface area contributed by atoms with Crippen molar-refractivity contribution in [3.05, 3.63) is 63.5 Å². The van der Waals surface area contributed by atoms with Gasteiger partial charge in [0, 0.05) is 29.9 Å². The number of aryl methyl sites for hydroxylation is 1. The van der Waals surface area contributed by atoms with Crippen molar-refractivity contribution in [2.45, 2.75) is 32.1 Å². The second-order valence-electron chi connectivity index (χ2n) is 9.55. The lowest BCUT2D eigenvalue weighted by Crippen LogP contribution is -2.33. The molecular weight excluding hydrogens is 490 g/mol. The lowest BCUT2D eigenvalue weighted by atomic mass is 10.1. The van der Waals surface area contributed by atoms with Gasteiger partial charge in [0.1, 0.15) is 11.3 Å². The van der Waals surface area contributed by atoms with Gasteiger partial charge in [-0.05, 0) is 63.2 Å². The second-order valence-corrected chi connectivity index (χ2v) is 9.96. The molecule has 194 valence electrons. The highest BCUT2D eigenvalue weighted by Gasteiger charge is 2.23. The first-order valence-corrected chi connectivity index (χ1v) is 13.2. The third kappa shape index (κ3) is 4.95. The minimum atomic E-state index is -0.326. The van der Waals surface area contributed by atoms with Crippen LogP contribution in [0.25, 0.3) is 27.5 Å². The molecule has 1 saturated heterocycles. The van der Waals surface area contributed by atoms with Gasteiger partial charge in [-0.1, -0.05) is 42.6 Å². The molecule has 0 atom stereocenters. The van der Waals surface area contributed by atoms with Crippen LogP contribution in [0.1, 0.15) is 42.6 Å². The highest BCUT2D eigenvalue weighted by molar-refractivity contribution is 6.32. The molecule has 2 aromatic carbocycles. The number of aromatic nitrogens is 3. The highest BCUT2D eigenvalue weighted by atomic mass is 35.5. The molecule has 4 aromatic rings. The van der Waals surface area contributed by atoms with Gasteiger partial charge in [-0.25, -0.2) is 0 Å². The number of benzene rings is 2. The van der Waals surface area contributed by atoms with Gasteiger partial charge >= 0.3 is 0 Å². The predicted octanol–water partition coefficient (Wildman–Crippen LogP) is 4.54. The highest BCUT2D eigenvalue weighted by Crippen LogP contribution is 2.30. The van der Waals surface area contributed by atoms with Crippen LogP contribution in [0.15, 0.2) is 47.3 Å². The van der Waals surface area contributed by atoms with Crippen molar-refractivity contribution in [2.24, 2.45) is 7.05 Å². The minimum absolute atomic E-state index is 0.216. The Kier molecular flexibility index (Phi) is 7.48. The Morgan fingerprint density at radius 3 is 2.59 bits per heavy atom. The number of methoxy groups -OCH3 is 1. The SMILES string of the molecule is COc1ccc(-n2nc(C(=O)NCCCN3CCCCCC3)c3c4ccccc4n(C)c3c2=O)cc1Cl. The lowest BCUT2D eigenvalue weighted by molar-refractivity contribution is 0.0947. The number of carbonyl (C=O) groups excluding carboxylic acids is 1. The molecule has 3 heterocycles. The van der Waals surface area contributed by atoms with Crippen molar-refractivity contribution in [3.8, 4) is 11.4 Å². The Bertz CT molecular complexity index is 1500. The van der Waals surface area contributed by atoms with Crippen molar-refractivity contribution >= 4 is 39.3 Å². The Morgan fingerprint density at radius 1 is 1.11 bits per heavy atom. The van der Waals surface area contributed by atoms with E-state index in [2.05, 4.69) is 15.3 Å². The maximum atomic E-state index is 13.7. The molecule has 1 aliphatic rings. The number of carbonyl (C=O) groups is 1. The van der Waals surface area contributed by atoms with E-state index in [4.69, 9.17) is 16.3 Å². The summed E-state index contributed by atoms with van der Waals surface area (Å²) < 4.78 is 8.33. The molecule has 0 bridgehead atoms. The molecule has 0 saturated carbocycles. The zero-order valence-corrected chi connectivity index (χ0v) is 22.1. The fourth-order valence-corrected chi connectivity index (χ4v) is 5.50. The van der Waals surface area contributed by atoms with Gasteiger partial charge in [-0.2, -0.15) is 9.78 Å². The average Bonchev–Trinajstić information content (AvgIpc) is 3.04. The molecular formula is C28H32ClN5O3. The van der Waals surface area contributed by atoms with Gasteiger partial charge in [0.15, 0.2) is 5.69 Å². The van der Waals surface area contributed by atoms with Gasteiger partial charge in [0.25, 0.3) is 11.5 Å². The van der Waals surface area contributed by atoms with E-state index < -0.39 is 0 Å². The van der Waals surface area contributed by atoms with Gasteiger partial charge in [0.05, 0.1) is 17.8 Å². The van der Waals surface area contributed by atoms with E-state index in [0.717, 1.165) is 37.0 Å². The molecule has 37 heavy (non-hydrogen) atoms. The molecule has 2 aromatic heterocycles. The largest absolute Gasteiger partial charge is 0.495 e. The summed E-state index contributed by atoms with van der Waals surface area (Å²) in [5.74, 6) is 0.192. The summed E-state index contributed by atoms with van der Waals surface area (Å²) in [6.45, 7) is 3.75. The first-order valence-electron chi connectivity index (χ1n) is 12.8. The number of hydrogen-bond donors (Lipinski definition) is 1. The molecule has 1 fully saturated rings. The molecule has 0 radical (unpaired) electrons. The summed E-state index contributed by atoms with van der Waals surface area (Å²) in [6.07, 6.45) is 5.95. The monoisotopic (exact) mass is 521 g/mol. The van der Waals surface area contributed by atoms with Gasteiger partial charge in [-0.15, -0.1) is 0 Å². The van der Waals surface area contributed by atoms with E-state index in [1.54, 1.807) is 18.2 Å². The van der Waals surface area contributed by atoms with Crippen LogP contribution < -0.4 is 15.6 Å². The van der Waals surface area contributed by atoms with E-state index in [1.165, 1.54) is 37.5 Å². The van der Waals surface area contributed by atoms with Crippen LogP contribution in [0.3, 0.4) is 0 Å². The summed E-state index contributed by atoms with van der Waals surface area (Å²) in [5, 5.41) is 9.36. The number of nitrogens with one attached hydrogen (secondary N) is 1. The molecule has 1 aliphatic heterocycles. The molecule has 0 spiro atoms. The standard InChI is InChI=1S/C28H32ClN5O3/c1-32-22-11-6-5-10-20(22)24-25(27(35)30-14-9-17-33-15-7-3-4-8-16-33)31-34(28(36)26(24)32)19-12-13-23(37-2)21(29)18-19/h5-6,10-13,18H,3-4,7-9,14-17H2,1-2H3,(H,30,35). The zero-order valence-electron chi connectivity index (χ0n) is 21.3. The summed E-state index contributed by atoms with van der Waals surface area (Å²) >= 11 is 6.35. The van der Waals surface area contributed by atoms with Crippen molar-refractivity contribution in [1.29, 1.82) is 0 Å². The minimum Gasteiger partial charge on any atom is -0.495 e. The molecule has 0 aliphatic carbocycles. The summed E-state index contributed by atoms with van der Waals surface area (Å²) in [7, 11) is 3.36. The summed E-state index contributed by atoms with van der Waals surface area (Å²) in [4.78, 5) is 29.7. The Balaban J connectivity index is 1.52. The fraction of sp³-hybridized carbons (Fsp3) is 0.393. The number of fused-ring (bicyclic) bond motifs is 3. The molecule has 1 N–H and O–H groups in total. The maximum absolute atomic E-state index is 13.7. The first kappa shape index (κ1) is 25.3. The van der Waals surface area contributed by atoms with Crippen molar-refractivity contribution in [2.75, 3.05) is 33.3 Å². The number of ether oxygens (including phenoxy) is 1. The van der Waals surface area contributed by atoms with E-state index in [-0.39, 0.29) is 17.2 Å². The van der Waals surface area contributed by atoms with E-state index in [0.29, 0.717) is 33.9 Å². The quantitative estimate of drug-likeness (QED) is 0.361. The van der Waals surface area contributed by atoms with Crippen molar-refractivity contribution in [1.82, 2.24) is 24.6 Å². The van der Waals surface area contributed by atoms with Gasteiger partial charge in [-0.3, -0.25) is 9.59 Å². The van der Waals surface area contributed by atoms with E-state index in [1.807, 2.05) is 35.9 Å².